The first kappa shape index (κ1) is 15.5. The van der Waals surface area contributed by atoms with Crippen LogP contribution in [0.2, 0.25) is 0 Å². The van der Waals surface area contributed by atoms with E-state index in [0.29, 0.717) is 11.2 Å². The highest BCUT2D eigenvalue weighted by Gasteiger charge is 2.19. The smallest absolute Gasteiger partial charge is 0.157 e. The van der Waals surface area contributed by atoms with Gasteiger partial charge in [0.1, 0.15) is 17.4 Å². The number of benzene rings is 2. The summed E-state index contributed by atoms with van der Waals surface area (Å²) in [5.74, 6) is 0.842. The average molecular weight is 352 g/mol. The van der Waals surface area contributed by atoms with Gasteiger partial charge in [0.25, 0.3) is 0 Å². The van der Waals surface area contributed by atoms with Crippen molar-refractivity contribution in [1.82, 2.24) is 24.4 Å². The van der Waals surface area contributed by atoms with E-state index in [1.165, 1.54) is 0 Å². The Morgan fingerprint density at radius 2 is 1.74 bits per heavy atom. The molecule has 130 valence electrons. The van der Waals surface area contributed by atoms with Gasteiger partial charge in [-0.1, -0.05) is 42.8 Å². The van der Waals surface area contributed by atoms with Crippen molar-refractivity contribution in [3.63, 3.8) is 0 Å². The predicted molar refractivity (Wildman–Crippen MR) is 104 cm³/mol. The third-order valence-electron chi connectivity index (χ3n) is 4.84. The molecule has 0 aliphatic heterocycles. The van der Waals surface area contributed by atoms with Gasteiger partial charge >= 0.3 is 0 Å². The second-order valence-corrected chi connectivity index (χ2v) is 6.51. The number of pyridine rings is 1. The van der Waals surface area contributed by atoms with Gasteiger partial charge in [-0.05, 0) is 42.3 Å². The summed E-state index contributed by atoms with van der Waals surface area (Å²) in [6, 6.07) is 20.2. The fraction of sp³-hybridized carbons (Fsp3) is 0.143. The molecule has 0 radical (unpaired) electrons. The number of rotatable bonds is 3. The lowest BCUT2D eigenvalue weighted by molar-refractivity contribution is 0.788. The Hall–Kier alpha value is -3.72. The van der Waals surface area contributed by atoms with Gasteiger partial charge in [-0.25, -0.2) is 4.98 Å². The Morgan fingerprint density at radius 1 is 1.00 bits per heavy atom. The Morgan fingerprint density at radius 3 is 2.52 bits per heavy atom. The van der Waals surface area contributed by atoms with Crippen LogP contribution in [0.4, 0.5) is 0 Å². The lowest BCUT2D eigenvalue weighted by Gasteiger charge is -2.12. The van der Waals surface area contributed by atoms with Crippen molar-refractivity contribution in [1.29, 1.82) is 5.26 Å². The maximum atomic E-state index is 9.82. The van der Waals surface area contributed by atoms with E-state index in [1.54, 1.807) is 0 Å². The molecule has 0 fully saturated rings. The normalized spacial score (nSPS) is 11.4. The molecule has 5 rings (SSSR count). The van der Waals surface area contributed by atoms with Crippen LogP contribution in [0.5, 0.6) is 0 Å². The minimum absolute atomic E-state index is 0.626. The lowest BCUT2D eigenvalue weighted by atomic mass is 10.1. The summed E-state index contributed by atoms with van der Waals surface area (Å²) in [6.45, 7) is 2.11. The third-order valence-corrected chi connectivity index (χ3v) is 4.84. The maximum absolute atomic E-state index is 9.82. The van der Waals surface area contributed by atoms with Crippen LogP contribution in [0.25, 0.3) is 33.5 Å². The predicted octanol–water partition coefficient (Wildman–Crippen LogP) is 4.05. The molecular formula is C21H16N6. The molecule has 0 unspecified atom stereocenters. The summed E-state index contributed by atoms with van der Waals surface area (Å²) < 4.78 is 3.84. The molecule has 0 N–H and O–H groups in total. The van der Waals surface area contributed by atoms with Crippen molar-refractivity contribution >= 4 is 27.7 Å². The molecule has 0 aliphatic rings. The molecule has 6 heteroatoms. The third kappa shape index (κ3) is 2.22. The zero-order valence-corrected chi connectivity index (χ0v) is 14.8. The molecule has 3 heterocycles. The van der Waals surface area contributed by atoms with Crippen LogP contribution in [0.15, 0.2) is 54.6 Å². The number of aryl methyl sites for hydroxylation is 1. The first-order valence-electron chi connectivity index (χ1n) is 8.96. The van der Waals surface area contributed by atoms with Crippen molar-refractivity contribution in [2.75, 3.05) is 0 Å². The van der Waals surface area contributed by atoms with Crippen molar-refractivity contribution in [2.45, 2.75) is 19.8 Å². The number of nitrogens with zero attached hydrogens (tertiary/aromatic N) is 6. The number of para-hydroxylation sites is 3. The van der Waals surface area contributed by atoms with E-state index >= 15 is 0 Å². The first-order chi connectivity index (χ1) is 13.3. The minimum atomic E-state index is 0.626. The number of nitriles is 1. The molecule has 3 aromatic heterocycles. The van der Waals surface area contributed by atoms with E-state index < -0.39 is 0 Å². The van der Waals surface area contributed by atoms with Crippen LogP contribution in [0.3, 0.4) is 0 Å². The van der Waals surface area contributed by atoms with Crippen molar-refractivity contribution in [3.8, 4) is 11.9 Å². The largest absolute Gasteiger partial charge is 0.276 e. The second kappa shape index (κ2) is 5.92. The lowest BCUT2D eigenvalue weighted by Crippen LogP contribution is -2.08. The topological polar surface area (TPSA) is 71.8 Å². The van der Waals surface area contributed by atoms with Crippen LogP contribution in [0.1, 0.15) is 24.5 Å². The average Bonchev–Trinajstić information content (AvgIpc) is 3.29. The molecule has 0 saturated carbocycles. The molecule has 0 spiro atoms. The Labute approximate surface area is 155 Å². The molecule has 6 nitrogen and oxygen atoms in total. The van der Waals surface area contributed by atoms with Gasteiger partial charge in [-0.15, -0.1) is 5.10 Å². The first-order valence-corrected chi connectivity index (χ1v) is 8.96. The molecule has 0 amide bonds. The number of hydrogen-bond acceptors (Lipinski definition) is 4. The van der Waals surface area contributed by atoms with Crippen molar-refractivity contribution < 1.29 is 0 Å². The van der Waals surface area contributed by atoms with Crippen LogP contribution in [-0.4, -0.2) is 24.4 Å². The molecule has 2 aromatic carbocycles. The van der Waals surface area contributed by atoms with Crippen LogP contribution in [0, 0.1) is 11.3 Å². The summed E-state index contributed by atoms with van der Waals surface area (Å²) in [5, 5.41) is 18.5. The molecule has 0 bridgehead atoms. The zero-order valence-electron chi connectivity index (χ0n) is 14.8. The molecule has 0 atom stereocenters. The summed E-state index contributed by atoms with van der Waals surface area (Å²) >= 11 is 0. The van der Waals surface area contributed by atoms with Gasteiger partial charge in [-0.2, -0.15) is 9.94 Å². The van der Waals surface area contributed by atoms with Gasteiger partial charge in [-0.3, -0.25) is 4.40 Å². The van der Waals surface area contributed by atoms with Crippen LogP contribution in [-0.2, 0) is 6.42 Å². The standard InChI is InChI=1S/C21H16N6/c1-2-7-14-12-20(27-19-11-6-4-9-17(19)24-25-27)26-18-10-5-3-8-16(18)23-21(26)15(14)13-22/h3-6,8-12H,2,7H2,1H3. The highest BCUT2D eigenvalue weighted by atomic mass is 15.5. The van der Waals surface area contributed by atoms with E-state index in [4.69, 9.17) is 4.98 Å². The minimum Gasteiger partial charge on any atom is -0.276 e. The Kier molecular flexibility index (Phi) is 3.41. The van der Waals surface area contributed by atoms with Crippen molar-refractivity contribution in [2.24, 2.45) is 0 Å². The molecule has 0 aliphatic carbocycles. The highest BCUT2D eigenvalue weighted by molar-refractivity contribution is 5.85. The maximum Gasteiger partial charge on any atom is 0.157 e. The van der Waals surface area contributed by atoms with Crippen LogP contribution < -0.4 is 0 Å². The molecular weight excluding hydrogens is 336 g/mol. The number of aromatic nitrogens is 5. The zero-order chi connectivity index (χ0) is 18.4. The Balaban J connectivity index is 1.98. The fourth-order valence-corrected chi connectivity index (χ4v) is 3.64. The second-order valence-electron chi connectivity index (χ2n) is 6.51. The Bertz CT molecular complexity index is 1350. The van der Waals surface area contributed by atoms with Gasteiger partial charge in [0.05, 0.1) is 22.1 Å². The molecule has 27 heavy (non-hydrogen) atoms. The van der Waals surface area contributed by atoms with E-state index in [0.717, 1.165) is 46.3 Å². The van der Waals surface area contributed by atoms with Gasteiger partial charge < -0.3 is 0 Å². The van der Waals surface area contributed by atoms with E-state index in [-0.39, 0.29) is 0 Å². The number of hydrogen-bond donors (Lipinski definition) is 0. The van der Waals surface area contributed by atoms with E-state index in [2.05, 4.69) is 23.3 Å². The summed E-state index contributed by atoms with van der Waals surface area (Å²) in [7, 11) is 0. The van der Waals surface area contributed by atoms with E-state index in [1.807, 2.05) is 63.7 Å². The molecule has 5 aromatic rings. The summed E-state index contributed by atoms with van der Waals surface area (Å²) in [5.41, 5.74) is 5.83. The van der Waals surface area contributed by atoms with Crippen molar-refractivity contribution in [3.05, 3.63) is 65.7 Å². The van der Waals surface area contributed by atoms with Gasteiger partial charge in [0.2, 0.25) is 0 Å². The van der Waals surface area contributed by atoms with Gasteiger partial charge in [0.15, 0.2) is 5.65 Å². The quantitative estimate of drug-likeness (QED) is 0.491. The number of imidazole rings is 1. The monoisotopic (exact) mass is 352 g/mol. The summed E-state index contributed by atoms with van der Waals surface area (Å²) in [6.07, 6.45) is 1.75. The number of fused-ring (bicyclic) bond motifs is 4. The highest BCUT2D eigenvalue weighted by Crippen LogP contribution is 2.28. The molecule has 0 saturated heterocycles. The summed E-state index contributed by atoms with van der Waals surface area (Å²) in [4.78, 5) is 4.76. The van der Waals surface area contributed by atoms with E-state index in [9.17, 15) is 5.26 Å². The fourth-order valence-electron chi connectivity index (χ4n) is 3.64. The SMILES string of the molecule is CCCc1cc(-n2nnc3ccccc32)n2c(nc3ccccc32)c1C#N. The van der Waals surface area contributed by atoms with Crippen LogP contribution >= 0.6 is 0 Å². The van der Waals surface area contributed by atoms with Gasteiger partial charge in [0, 0.05) is 0 Å².